The number of benzene rings is 1. The van der Waals surface area contributed by atoms with Crippen molar-refractivity contribution < 1.29 is 9.90 Å². The Balaban J connectivity index is 1.76. The van der Waals surface area contributed by atoms with E-state index in [1.165, 1.54) is 0 Å². The van der Waals surface area contributed by atoms with Gasteiger partial charge in [-0.05, 0) is 44.7 Å². The van der Waals surface area contributed by atoms with Crippen molar-refractivity contribution in [3.63, 3.8) is 0 Å². The minimum atomic E-state index is -0.244. The number of carbonyl (C=O) groups is 1. The largest absolute Gasteiger partial charge is 0.393 e. The molecular formula is C16H19ClN4O2. The summed E-state index contributed by atoms with van der Waals surface area (Å²) in [7, 11) is 0. The van der Waals surface area contributed by atoms with Crippen molar-refractivity contribution in [2.24, 2.45) is 0 Å². The van der Waals surface area contributed by atoms with E-state index in [0.717, 1.165) is 25.7 Å². The standard InChI is InChI=1S/C16H19ClN4O2/c1-10-15(16(23)18-11-6-8-12(22)9-7-11)19-20-21(10)14-5-3-2-4-13(14)17/h2-5,11-12,22H,6-9H2,1H3,(H,18,23). The molecule has 1 aromatic heterocycles. The predicted octanol–water partition coefficient (Wildman–Crippen LogP) is 2.26. The molecule has 3 rings (SSSR count). The molecule has 0 atom stereocenters. The first-order chi connectivity index (χ1) is 11.1. The summed E-state index contributed by atoms with van der Waals surface area (Å²) in [6.07, 6.45) is 2.76. The van der Waals surface area contributed by atoms with Crippen LogP contribution in [0.4, 0.5) is 0 Å². The molecule has 1 saturated carbocycles. The molecule has 7 heteroatoms. The van der Waals surface area contributed by atoms with Gasteiger partial charge in [-0.1, -0.05) is 28.9 Å². The number of halogens is 1. The molecule has 2 N–H and O–H groups in total. The Morgan fingerprint density at radius 1 is 1.30 bits per heavy atom. The van der Waals surface area contributed by atoms with Crippen molar-refractivity contribution in [1.82, 2.24) is 20.3 Å². The molecule has 1 amide bonds. The van der Waals surface area contributed by atoms with Crippen molar-refractivity contribution in [2.45, 2.75) is 44.8 Å². The summed E-state index contributed by atoms with van der Waals surface area (Å²) < 4.78 is 1.57. The number of rotatable bonds is 3. The molecule has 1 aromatic carbocycles. The molecule has 0 aliphatic heterocycles. The highest BCUT2D eigenvalue weighted by Gasteiger charge is 2.24. The van der Waals surface area contributed by atoms with Crippen molar-refractivity contribution in [3.05, 3.63) is 40.7 Å². The van der Waals surface area contributed by atoms with Gasteiger partial charge in [-0.15, -0.1) is 5.10 Å². The van der Waals surface area contributed by atoms with Crippen LogP contribution in [0.1, 0.15) is 41.9 Å². The van der Waals surface area contributed by atoms with Crippen LogP contribution in [0, 0.1) is 6.92 Å². The van der Waals surface area contributed by atoms with Crippen molar-refractivity contribution in [2.75, 3.05) is 0 Å². The minimum absolute atomic E-state index is 0.0794. The van der Waals surface area contributed by atoms with Crippen LogP contribution < -0.4 is 5.32 Å². The number of aliphatic hydroxyl groups is 1. The highest BCUT2D eigenvalue weighted by atomic mass is 35.5. The van der Waals surface area contributed by atoms with Crippen LogP contribution in [0.2, 0.25) is 5.02 Å². The van der Waals surface area contributed by atoms with Crippen LogP contribution in [-0.2, 0) is 0 Å². The van der Waals surface area contributed by atoms with Crippen LogP contribution in [0.5, 0.6) is 0 Å². The van der Waals surface area contributed by atoms with E-state index in [-0.39, 0.29) is 18.1 Å². The lowest BCUT2D eigenvalue weighted by Crippen LogP contribution is -2.39. The summed E-state index contributed by atoms with van der Waals surface area (Å²) in [6.45, 7) is 1.79. The summed E-state index contributed by atoms with van der Waals surface area (Å²) in [5.41, 5.74) is 1.64. The third-order valence-electron chi connectivity index (χ3n) is 4.22. The number of nitrogens with one attached hydrogen (secondary N) is 1. The quantitative estimate of drug-likeness (QED) is 0.902. The van der Waals surface area contributed by atoms with Gasteiger partial charge < -0.3 is 10.4 Å². The second-order valence-electron chi connectivity index (χ2n) is 5.87. The first-order valence-electron chi connectivity index (χ1n) is 7.72. The van der Waals surface area contributed by atoms with E-state index < -0.39 is 0 Å². The summed E-state index contributed by atoms with van der Waals surface area (Å²) in [5, 5.41) is 21.1. The molecule has 6 nitrogen and oxygen atoms in total. The Labute approximate surface area is 139 Å². The number of amides is 1. The molecule has 1 aliphatic carbocycles. The molecule has 0 radical (unpaired) electrons. The van der Waals surface area contributed by atoms with Gasteiger partial charge >= 0.3 is 0 Å². The molecule has 1 heterocycles. The lowest BCUT2D eigenvalue weighted by atomic mass is 9.93. The SMILES string of the molecule is Cc1c(C(=O)NC2CCC(O)CC2)nnn1-c1ccccc1Cl. The maximum atomic E-state index is 12.4. The second kappa shape index (κ2) is 6.68. The first-order valence-corrected chi connectivity index (χ1v) is 8.10. The molecule has 0 saturated heterocycles. The van der Waals surface area contributed by atoms with Gasteiger partial charge in [0, 0.05) is 6.04 Å². The van der Waals surface area contributed by atoms with Gasteiger partial charge in [0.05, 0.1) is 22.5 Å². The van der Waals surface area contributed by atoms with E-state index in [1.807, 2.05) is 18.2 Å². The van der Waals surface area contributed by atoms with Gasteiger partial charge in [0.25, 0.3) is 5.91 Å². The number of para-hydroxylation sites is 1. The highest BCUT2D eigenvalue weighted by Crippen LogP contribution is 2.22. The van der Waals surface area contributed by atoms with Gasteiger partial charge in [-0.2, -0.15) is 0 Å². The lowest BCUT2D eigenvalue weighted by Gasteiger charge is -2.25. The van der Waals surface area contributed by atoms with E-state index in [4.69, 9.17) is 11.6 Å². The van der Waals surface area contributed by atoms with Crippen molar-refractivity contribution >= 4 is 17.5 Å². The maximum absolute atomic E-state index is 12.4. The number of carbonyl (C=O) groups excluding carboxylic acids is 1. The smallest absolute Gasteiger partial charge is 0.273 e. The number of aliphatic hydroxyl groups excluding tert-OH is 1. The Morgan fingerprint density at radius 3 is 2.70 bits per heavy atom. The number of hydrogen-bond donors (Lipinski definition) is 2. The normalized spacial score (nSPS) is 21.2. The maximum Gasteiger partial charge on any atom is 0.273 e. The summed E-state index contributed by atoms with van der Waals surface area (Å²) >= 11 is 6.18. The van der Waals surface area contributed by atoms with Crippen molar-refractivity contribution in [1.29, 1.82) is 0 Å². The molecule has 0 bridgehead atoms. The van der Waals surface area contributed by atoms with Crippen LogP contribution in [0.15, 0.2) is 24.3 Å². The van der Waals surface area contributed by atoms with Crippen LogP contribution in [0.25, 0.3) is 5.69 Å². The number of aromatic nitrogens is 3. The Kier molecular flexibility index (Phi) is 4.63. The molecule has 122 valence electrons. The van der Waals surface area contributed by atoms with E-state index in [2.05, 4.69) is 15.6 Å². The fraction of sp³-hybridized carbons (Fsp3) is 0.438. The number of hydrogen-bond acceptors (Lipinski definition) is 4. The average molecular weight is 335 g/mol. The molecule has 23 heavy (non-hydrogen) atoms. The lowest BCUT2D eigenvalue weighted by molar-refractivity contribution is 0.0862. The monoisotopic (exact) mass is 334 g/mol. The Hall–Kier alpha value is -1.92. The zero-order valence-corrected chi connectivity index (χ0v) is 13.6. The molecule has 1 aliphatic rings. The van der Waals surface area contributed by atoms with Crippen LogP contribution in [0.3, 0.4) is 0 Å². The third kappa shape index (κ3) is 3.38. The van der Waals surface area contributed by atoms with E-state index >= 15 is 0 Å². The molecule has 0 spiro atoms. The summed E-state index contributed by atoms with van der Waals surface area (Å²) in [5.74, 6) is -0.234. The van der Waals surface area contributed by atoms with Gasteiger partial charge in [0.2, 0.25) is 0 Å². The first kappa shape index (κ1) is 16.0. The van der Waals surface area contributed by atoms with Crippen LogP contribution >= 0.6 is 11.6 Å². The van der Waals surface area contributed by atoms with Gasteiger partial charge in [0.15, 0.2) is 5.69 Å². The van der Waals surface area contributed by atoms with E-state index in [0.29, 0.717) is 22.1 Å². The van der Waals surface area contributed by atoms with Crippen LogP contribution in [-0.4, -0.2) is 38.2 Å². The fourth-order valence-corrected chi connectivity index (χ4v) is 3.08. The van der Waals surface area contributed by atoms with Gasteiger partial charge in [0.1, 0.15) is 0 Å². The Morgan fingerprint density at radius 2 is 2.00 bits per heavy atom. The predicted molar refractivity (Wildman–Crippen MR) is 86.8 cm³/mol. The molecule has 0 unspecified atom stereocenters. The Bertz CT molecular complexity index is 708. The zero-order chi connectivity index (χ0) is 16.4. The summed E-state index contributed by atoms with van der Waals surface area (Å²) in [6, 6.07) is 7.37. The average Bonchev–Trinajstić information content (AvgIpc) is 2.92. The molecule has 1 fully saturated rings. The van der Waals surface area contributed by atoms with E-state index in [1.54, 1.807) is 17.7 Å². The van der Waals surface area contributed by atoms with Crippen molar-refractivity contribution in [3.8, 4) is 5.69 Å². The topological polar surface area (TPSA) is 80.0 Å². The van der Waals surface area contributed by atoms with E-state index in [9.17, 15) is 9.90 Å². The minimum Gasteiger partial charge on any atom is -0.393 e. The fourth-order valence-electron chi connectivity index (χ4n) is 2.87. The highest BCUT2D eigenvalue weighted by molar-refractivity contribution is 6.32. The second-order valence-corrected chi connectivity index (χ2v) is 6.27. The van der Waals surface area contributed by atoms with Gasteiger partial charge in [-0.25, -0.2) is 4.68 Å². The zero-order valence-electron chi connectivity index (χ0n) is 12.9. The molecule has 2 aromatic rings. The van der Waals surface area contributed by atoms with Gasteiger partial charge in [-0.3, -0.25) is 4.79 Å². The summed E-state index contributed by atoms with van der Waals surface area (Å²) in [4.78, 5) is 12.4. The third-order valence-corrected chi connectivity index (χ3v) is 4.54. The number of nitrogens with zero attached hydrogens (tertiary/aromatic N) is 3. The molecular weight excluding hydrogens is 316 g/mol.